The Morgan fingerprint density at radius 1 is 1.23 bits per heavy atom. The maximum atomic E-state index is 10.1. The van der Waals surface area contributed by atoms with Crippen LogP contribution in [0.3, 0.4) is 0 Å². The predicted molar refractivity (Wildman–Crippen MR) is 122 cm³/mol. The van der Waals surface area contributed by atoms with Gasteiger partial charge in [-0.1, -0.05) is 51.0 Å². The highest BCUT2D eigenvalue weighted by Gasteiger charge is 2.50. The standard InChI is InChI=1S/C27H42O3/c1-18(7-5-13-26(3)17-30-26)23-11-12-24-20(8-6-14-27(23,24)4)9-10-21-15-22(28)16-25(29)19(21)2/h9-10,18,22-25,28-29H,2,5-8,11-17H2,1,3-4H3/b20-9+,21-10-/t18-,22-,23-,24+,25+,26?,27-/m1/s1. The lowest BCUT2D eigenvalue weighted by atomic mass is 9.60. The number of aliphatic hydroxyl groups excluding tert-OH is 2. The molecule has 30 heavy (non-hydrogen) atoms. The fourth-order valence-electron chi connectivity index (χ4n) is 6.95. The van der Waals surface area contributed by atoms with Crippen molar-refractivity contribution in [1.82, 2.24) is 0 Å². The lowest BCUT2D eigenvalue weighted by Gasteiger charge is -2.44. The monoisotopic (exact) mass is 414 g/mol. The molecular formula is C27H42O3. The molecule has 2 N–H and O–H groups in total. The molecule has 4 fully saturated rings. The van der Waals surface area contributed by atoms with Gasteiger partial charge in [-0.2, -0.15) is 0 Å². The van der Waals surface area contributed by atoms with E-state index in [0.717, 1.165) is 29.6 Å². The van der Waals surface area contributed by atoms with Gasteiger partial charge in [-0.25, -0.2) is 0 Å². The summed E-state index contributed by atoms with van der Waals surface area (Å²) in [5.74, 6) is 2.29. The molecular weight excluding hydrogens is 372 g/mol. The van der Waals surface area contributed by atoms with Crippen molar-refractivity contribution in [2.75, 3.05) is 6.61 Å². The van der Waals surface area contributed by atoms with Crippen LogP contribution in [0.1, 0.15) is 85.0 Å². The van der Waals surface area contributed by atoms with Crippen molar-refractivity contribution >= 4 is 0 Å². The second-order valence-corrected chi connectivity index (χ2v) is 11.3. The summed E-state index contributed by atoms with van der Waals surface area (Å²) >= 11 is 0. The van der Waals surface area contributed by atoms with E-state index in [0.29, 0.717) is 24.2 Å². The Balaban J connectivity index is 1.43. The lowest BCUT2D eigenvalue weighted by Crippen LogP contribution is -2.36. The zero-order valence-electron chi connectivity index (χ0n) is 19.3. The number of allylic oxidation sites excluding steroid dienone is 3. The molecule has 168 valence electrons. The van der Waals surface area contributed by atoms with Crippen molar-refractivity contribution in [3.63, 3.8) is 0 Å². The number of aliphatic hydroxyl groups is 2. The van der Waals surface area contributed by atoms with Crippen molar-refractivity contribution in [2.45, 2.75) is 103 Å². The van der Waals surface area contributed by atoms with E-state index >= 15 is 0 Å². The van der Waals surface area contributed by atoms with Gasteiger partial charge < -0.3 is 14.9 Å². The maximum absolute atomic E-state index is 10.1. The van der Waals surface area contributed by atoms with E-state index in [1.807, 2.05) is 0 Å². The molecule has 0 aromatic rings. The van der Waals surface area contributed by atoms with Crippen molar-refractivity contribution in [3.8, 4) is 0 Å². The minimum Gasteiger partial charge on any atom is -0.393 e. The molecule has 0 aromatic carbocycles. The molecule has 1 heterocycles. The van der Waals surface area contributed by atoms with Crippen LogP contribution in [0.25, 0.3) is 0 Å². The third-order valence-electron chi connectivity index (χ3n) is 8.99. The van der Waals surface area contributed by atoms with Gasteiger partial charge in [0.05, 0.1) is 24.4 Å². The molecule has 0 radical (unpaired) electrons. The average molecular weight is 415 g/mol. The molecule has 4 aliphatic rings. The van der Waals surface area contributed by atoms with Gasteiger partial charge in [0.15, 0.2) is 0 Å². The van der Waals surface area contributed by atoms with Crippen LogP contribution in [-0.4, -0.2) is 34.6 Å². The fourth-order valence-corrected chi connectivity index (χ4v) is 6.95. The van der Waals surface area contributed by atoms with Gasteiger partial charge in [0.25, 0.3) is 0 Å². The zero-order chi connectivity index (χ0) is 21.5. The minimum atomic E-state index is -0.602. The summed E-state index contributed by atoms with van der Waals surface area (Å²) in [6, 6.07) is 0. The lowest BCUT2D eigenvalue weighted by molar-refractivity contribution is 0.0861. The number of ether oxygens (including phenoxy) is 1. The Kier molecular flexibility index (Phi) is 6.36. The average Bonchev–Trinajstić information content (AvgIpc) is 3.30. The predicted octanol–water partition coefficient (Wildman–Crippen LogP) is 5.72. The second kappa shape index (κ2) is 8.56. The molecule has 0 aromatic heterocycles. The number of fused-ring (bicyclic) bond motifs is 1. The minimum absolute atomic E-state index is 0.195. The van der Waals surface area contributed by atoms with Crippen LogP contribution in [-0.2, 0) is 4.74 Å². The van der Waals surface area contributed by atoms with Gasteiger partial charge in [-0.3, -0.25) is 0 Å². The smallest absolute Gasteiger partial charge is 0.0888 e. The zero-order valence-corrected chi connectivity index (χ0v) is 19.3. The number of rotatable bonds is 6. The SMILES string of the molecule is C=C1/C(=C\C=C2/CCC[C@]3(C)[C@@H]([C@H](C)CCCC4(C)CO4)CC[C@@H]23)C[C@@H](O)C[C@@H]1O. The third-order valence-corrected chi connectivity index (χ3v) is 8.99. The molecule has 1 aliphatic heterocycles. The first-order chi connectivity index (χ1) is 14.2. The Bertz CT molecular complexity index is 716. The van der Waals surface area contributed by atoms with Crippen LogP contribution in [0.15, 0.2) is 35.5 Å². The summed E-state index contributed by atoms with van der Waals surface area (Å²) < 4.78 is 5.57. The van der Waals surface area contributed by atoms with Gasteiger partial charge in [0.2, 0.25) is 0 Å². The maximum Gasteiger partial charge on any atom is 0.0888 e. The van der Waals surface area contributed by atoms with Gasteiger partial charge in [0, 0.05) is 6.42 Å². The molecule has 0 amide bonds. The van der Waals surface area contributed by atoms with Crippen molar-refractivity contribution < 1.29 is 14.9 Å². The molecule has 1 unspecified atom stereocenters. The third kappa shape index (κ3) is 4.49. The highest BCUT2D eigenvalue weighted by molar-refractivity contribution is 5.38. The number of hydrogen-bond acceptors (Lipinski definition) is 3. The van der Waals surface area contributed by atoms with Gasteiger partial charge in [-0.05, 0) is 86.2 Å². The van der Waals surface area contributed by atoms with E-state index in [9.17, 15) is 10.2 Å². The summed E-state index contributed by atoms with van der Waals surface area (Å²) in [6.07, 6.45) is 14.8. The topological polar surface area (TPSA) is 53.0 Å². The van der Waals surface area contributed by atoms with Gasteiger partial charge in [-0.15, -0.1) is 0 Å². The van der Waals surface area contributed by atoms with Gasteiger partial charge in [0.1, 0.15) is 0 Å². The molecule has 7 atom stereocenters. The number of epoxide rings is 1. The van der Waals surface area contributed by atoms with E-state index < -0.39 is 12.2 Å². The van der Waals surface area contributed by atoms with Crippen molar-refractivity contribution in [2.24, 2.45) is 23.2 Å². The van der Waals surface area contributed by atoms with Gasteiger partial charge >= 0.3 is 0 Å². The van der Waals surface area contributed by atoms with Crippen molar-refractivity contribution in [1.29, 1.82) is 0 Å². The Morgan fingerprint density at radius 2 is 2.00 bits per heavy atom. The fraction of sp³-hybridized carbons (Fsp3) is 0.778. The van der Waals surface area contributed by atoms with E-state index in [1.54, 1.807) is 5.57 Å². The number of hydrogen-bond donors (Lipinski definition) is 2. The van der Waals surface area contributed by atoms with E-state index in [-0.39, 0.29) is 5.60 Å². The molecule has 3 heteroatoms. The van der Waals surface area contributed by atoms with E-state index in [4.69, 9.17) is 4.74 Å². The first kappa shape index (κ1) is 22.3. The highest BCUT2D eigenvalue weighted by Crippen LogP contribution is 2.60. The largest absolute Gasteiger partial charge is 0.393 e. The first-order valence-corrected chi connectivity index (χ1v) is 12.3. The first-order valence-electron chi connectivity index (χ1n) is 12.3. The Labute approximate surface area is 183 Å². The van der Waals surface area contributed by atoms with E-state index in [1.165, 1.54) is 51.4 Å². The second-order valence-electron chi connectivity index (χ2n) is 11.3. The van der Waals surface area contributed by atoms with Crippen LogP contribution >= 0.6 is 0 Å². The quantitative estimate of drug-likeness (QED) is 0.546. The van der Waals surface area contributed by atoms with Crippen LogP contribution in [0, 0.1) is 23.2 Å². The molecule has 1 saturated heterocycles. The van der Waals surface area contributed by atoms with Crippen LogP contribution in [0.5, 0.6) is 0 Å². The molecule has 0 spiro atoms. The molecule has 3 aliphatic carbocycles. The van der Waals surface area contributed by atoms with Crippen molar-refractivity contribution in [3.05, 3.63) is 35.5 Å². The summed E-state index contributed by atoms with van der Waals surface area (Å²) in [4.78, 5) is 0. The van der Waals surface area contributed by atoms with E-state index in [2.05, 4.69) is 39.5 Å². The summed E-state index contributed by atoms with van der Waals surface area (Å²) in [5.41, 5.74) is 4.03. The Morgan fingerprint density at radius 3 is 2.73 bits per heavy atom. The van der Waals surface area contributed by atoms with Crippen LogP contribution in [0.2, 0.25) is 0 Å². The molecule has 0 bridgehead atoms. The van der Waals surface area contributed by atoms with Crippen LogP contribution in [0.4, 0.5) is 0 Å². The summed E-state index contributed by atoms with van der Waals surface area (Å²) in [7, 11) is 0. The Hall–Kier alpha value is -0.900. The summed E-state index contributed by atoms with van der Waals surface area (Å²) in [6.45, 7) is 12.3. The molecule has 4 rings (SSSR count). The van der Waals surface area contributed by atoms with Crippen LogP contribution < -0.4 is 0 Å². The summed E-state index contributed by atoms with van der Waals surface area (Å²) in [5, 5.41) is 20.2. The molecule has 3 saturated carbocycles. The molecule has 3 nitrogen and oxygen atoms in total. The highest BCUT2D eigenvalue weighted by atomic mass is 16.6. The normalized spacial score (nSPS) is 45.0.